The number of piperazine rings is 1. The Morgan fingerprint density at radius 3 is 2.26 bits per heavy atom. The first-order valence-corrected chi connectivity index (χ1v) is 13.5. The Labute approximate surface area is 202 Å². The Balaban J connectivity index is 1.48. The molecule has 34 heavy (non-hydrogen) atoms. The molecule has 8 nitrogen and oxygen atoms in total. The van der Waals surface area contributed by atoms with Crippen molar-refractivity contribution in [2.24, 2.45) is 5.92 Å². The molecule has 182 valence electrons. The molecular weight excluding hydrogens is 448 g/mol. The lowest BCUT2D eigenvalue weighted by Gasteiger charge is -2.39. The quantitative estimate of drug-likeness (QED) is 0.463. The molecule has 0 amide bonds. The Kier molecular flexibility index (Phi) is 7.75. The highest BCUT2D eigenvalue weighted by molar-refractivity contribution is 7.90. The van der Waals surface area contributed by atoms with Gasteiger partial charge >= 0.3 is 0 Å². The van der Waals surface area contributed by atoms with Gasteiger partial charge in [0.25, 0.3) is 0 Å². The van der Waals surface area contributed by atoms with Crippen LogP contribution in [0.3, 0.4) is 0 Å². The van der Waals surface area contributed by atoms with E-state index in [1.165, 1.54) is 10.2 Å². The Morgan fingerprint density at radius 2 is 1.62 bits per heavy atom. The summed E-state index contributed by atoms with van der Waals surface area (Å²) < 4.78 is 27.6. The van der Waals surface area contributed by atoms with E-state index < -0.39 is 9.84 Å². The maximum Gasteiger partial charge on any atom is 0.198 e. The van der Waals surface area contributed by atoms with E-state index in [1.54, 1.807) is 12.1 Å². The molecule has 9 heteroatoms. The van der Waals surface area contributed by atoms with Crippen molar-refractivity contribution in [1.29, 1.82) is 0 Å². The molecule has 1 unspecified atom stereocenters. The van der Waals surface area contributed by atoms with Crippen LogP contribution in [-0.4, -0.2) is 64.6 Å². The molecule has 1 aromatic heterocycles. The number of hydrogen-bond acceptors (Lipinski definition) is 7. The number of sulfone groups is 1. The van der Waals surface area contributed by atoms with Crippen molar-refractivity contribution in [3.05, 3.63) is 71.5 Å². The highest BCUT2D eigenvalue weighted by Gasteiger charge is 2.31. The summed E-state index contributed by atoms with van der Waals surface area (Å²) in [5.74, 6) is 0.785. The number of benzene rings is 2. The lowest BCUT2D eigenvalue weighted by Crippen LogP contribution is -2.48. The molecule has 4 rings (SSSR count). The summed E-state index contributed by atoms with van der Waals surface area (Å²) in [5.41, 5.74) is 2.34. The van der Waals surface area contributed by atoms with Crippen LogP contribution in [-0.2, 0) is 22.3 Å². The largest absolute Gasteiger partial charge is 0.297 e. The number of nitrogens with zero attached hydrogens (tertiary/aromatic N) is 6. The van der Waals surface area contributed by atoms with Gasteiger partial charge in [-0.3, -0.25) is 9.80 Å². The Hall–Kier alpha value is -2.62. The van der Waals surface area contributed by atoms with Crippen molar-refractivity contribution in [3.8, 4) is 0 Å². The lowest BCUT2D eigenvalue weighted by molar-refractivity contribution is 0.0772. The fourth-order valence-electron chi connectivity index (χ4n) is 4.46. The Morgan fingerprint density at radius 1 is 0.941 bits per heavy atom. The van der Waals surface area contributed by atoms with Gasteiger partial charge in [0, 0.05) is 32.7 Å². The zero-order valence-corrected chi connectivity index (χ0v) is 21.0. The van der Waals surface area contributed by atoms with Crippen LogP contribution in [0.5, 0.6) is 0 Å². The topological polar surface area (TPSA) is 84.2 Å². The third-order valence-electron chi connectivity index (χ3n) is 6.32. The van der Waals surface area contributed by atoms with Gasteiger partial charge < -0.3 is 0 Å². The smallest absolute Gasteiger partial charge is 0.198 e. The van der Waals surface area contributed by atoms with Gasteiger partial charge in [-0.1, -0.05) is 61.9 Å². The van der Waals surface area contributed by atoms with Crippen molar-refractivity contribution >= 4 is 9.84 Å². The fraction of sp³-hybridized carbons (Fsp3) is 0.480. The van der Waals surface area contributed by atoms with Gasteiger partial charge in [-0.2, -0.15) is 0 Å². The van der Waals surface area contributed by atoms with Crippen molar-refractivity contribution in [1.82, 2.24) is 30.0 Å². The molecule has 0 radical (unpaired) electrons. The second kappa shape index (κ2) is 10.8. The van der Waals surface area contributed by atoms with E-state index in [1.807, 2.05) is 25.1 Å². The molecule has 0 bridgehead atoms. The first-order chi connectivity index (χ1) is 16.3. The molecule has 1 aliphatic heterocycles. The first-order valence-electron chi connectivity index (χ1n) is 11.9. The molecule has 3 aromatic rings. The maximum absolute atomic E-state index is 13.1. The Bertz CT molecular complexity index is 1150. The fourth-order valence-corrected chi connectivity index (χ4v) is 5.67. The summed E-state index contributed by atoms with van der Waals surface area (Å²) in [6.07, 6.45) is 0.865. The lowest BCUT2D eigenvalue weighted by atomic mass is 10.0. The van der Waals surface area contributed by atoms with E-state index in [9.17, 15) is 8.42 Å². The number of tetrazole rings is 1. The second-order valence-electron chi connectivity index (χ2n) is 9.54. The summed E-state index contributed by atoms with van der Waals surface area (Å²) in [5, 5.41) is 12.3. The maximum atomic E-state index is 13.1. The minimum Gasteiger partial charge on any atom is -0.297 e. The molecule has 0 saturated carbocycles. The minimum atomic E-state index is -3.56. The molecule has 2 heterocycles. The van der Waals surface area contributed by atoms with Crippen LogP contribution in [0.1, 0.15) is 43.3 Å². The van der Waals surface area contributed by atoms with Crippen molar-refractivity contribution in [3.63, 3.8) is 0 Å². The van der Waals surface area contributed by atoms with E-state index in [-0.39, 0.29) is 16.8 Å². The van der Waals surface area contributed by atoms with Crippen LogP contribution in [0, 0.1) is 12.8 Å². The summed E-state index contributed by atoms with van der Waals surface area (Å²) in [6.45, 7) is 10.9. The number of aromatic nitrogens is 4. The highest BCUT2D eigenvalue weighted by atomic mass is 32.2. The molecule has 0 N–H and O–H groups in total. The number of rotatable bonds is 9. The third-order valence-corrected chi connectivity index (χ3v) is 7.90. The zero-order chi connectivity index (χ0) is 24.1. The van der Waals surface area contributed by atoms with Gasteiger partial charge in [0.05, 0.1) is 10.9 Å². The number of aryl methyl sites for hydroxylation is 1. The minimum absolute atomic E-state index is 0.0258. The molecule has 0 spiro atoms. The van der Waals surface area contributed by atoms with E-state index in [0.717, 1.165) is 44.7 Å². The molecule has 1 saturated heterocycles. The molecule has 1 aliphatic rings. The van der Waals surface area contributed by atoms with Crippen molar-refractivity contribution < 1.29 is 8.42 Å². The van der Waals surface area contributed by atoms with Crippen LogP contribution < -0.4 is 0 Å². The average Bonchev–Trinajstić information content (AvgIpc) is 3.26. The summed E-state index contributed by atoms with van der Waals surface area (Å²) in [7, 11) is -3.56. The van der Waals surface area contributed by atoms with E-state index in [2.05, 4.69) is 63.4 Å². The third kappa shape index (κ3) is 6.08. The molecule has 1 fully saturated rings. The second-order valence-corrected chi connectivity index (χ2v) is 11.5. The molecule has 0 aliphatic carbocycles. The predicted molar refractivity (Wildman–Crippen MR) is 132 cm³/mol. The van der Waals surface area contributed by atoms with Gasteiger partial charge in [-0.05, 0) is 47.4 Å². The average molecular weight is 483 g/mol. The van der Waals surface area contributed by atoms with Gasteiger partial charge in [-0.15, -0.1) is 5.10 Å². The van der Waals surface area contributed by atoms with Gasteiger partial charge in [0.1, 0.15) is 0 Å². The van der Waals surface area contributed by atoms with Crippen LogP contribution in [0.4, 0.5) is 0 Å². The zero-order valence-electron chi connectivity index (χ0n) is 20.2. The van der Waals surface area contributed by atoms with Gasteiger partial charge in [0.2, 0.25) is 0 Å². The molecule has 1 atom stereocenters. The summed E-state index contributed by atoms with van der Waals surface area (Å²) >= 11 is 0. The van der Waals surface area contributed by atoms with E-state index in [4.69, 9.17) is 0 Å². The molecular formula is C25H34N6O2S. The van der Waals surface area contributed by atoms with Crippen LogP contribution in [0.15, 0.2) is 59.5 Å². The highest BCUT2D eigenvalue weighted by Crippen LogP contribution is 2.28. The summed E-state index contributed by atoms with van der Waals surface area (Å²) in [6, 6.07) is 17.4. The van der Waals surface area contributed by atoms with Gasteiger partial charge in [0.15, 0.2) is 21.5 Å². The SMILES string of the molecule is Cc1ccc(S(=O)(=O)Cn2nnnc2C(CC(C)C)N2CCN(Cc3ccccc3)CC2)cc1. The first kappa shape index (κ1) is 24.5. The normalized spacial score (nSPS) is 16.7. The predicted octanol–water partition coefficient (Wildman–Crippen LogP) is 3.32. The van der Waals surface area contributed by atoms with Crippen LogP contribution in [0.25, 0.3) is 0 Å². The van der Waals surface area contributed by atoms with Crippen LogP contribution >= 0.6 is 0 Å². The van der Waals surface area contributed by atoms with Crippen LogP contribution in [0.2, 0.25) is 0 Å². The summed E-state index contributed by atoms with van der Waals surface area (Å²) in [4.78, 5) is 5.15. The van der Waals surface area contributed by atoms with Gasteiger partial charge in [-0.25, -0.2) is 13.1 Å². The monoisotopic (exact) mass is 482 g/mol. The standard InChI is InChI=1S/C25H34N6O2S/c1-20(2)17-24(30-15-13-29(14-16-30)18-22-7-5-4-6-8-22)25-26-27-28-31(25)19-34(32,33)23-11-9-21(3)10-12-23/h4-12,20,24H,13-19H2,1-3H3. The van der Waals surface area contributed by atoms with Crippen molar-refractivity contribution in [2.45, 2.75) is 50.6 Å². The van der Waals surface area contributed by atoms with Crippen molar-refractivity contribution in [2.75, 3.05) is 26.2 Å². The van der Waals surface area contributed by atoms with E-state index in [0.29, 0.717) is 11.7 Å². The molecule has 2 aromatic carbocycles. The van der Waals surface area contributed by atoms with E-state index >= 15 is 0 Å². The number of hydrogen-bond donors (Lipinski definition) is 0.